The molecule has 1 heterocycles. The molecule has 1 aliphatic heterocycles. The average Bonchev–Trinajstić information content (AvgIpc) is 2.67. The zero-order valence-corrected chi connectivity index (χ0v) is 9.69. The van der Waals surface area contributed by atoms with Crippen molar-refractivity contribution in [3.05, 3.63) is 0 Å². The maximum atomic E-state index is 13.3. The van der Waals surface area contributed by atoms with Crippen LogP contribution in [0.2, 0.25) is 0 Å². The summed E-state index contributed by atoms with van der Waals surface area (Å²) < 4.78 is 13.3. The van der Waals surface area contributed by atoms with Crippen LogP contribution in [0.25, 0.3) is 0 Å². The molecule has 0 aliphatic carbocycles. The molecule has 1 aliphatic rings. The highest BCUT2D eigenvalue weighted by molar-refractivity contribution is 5.83. The third kappa shape index (κ3) is 2.33. The van der Waals surface area contributed by atoms with Crippen LogP contribution in [-0.2, 0) is 4.79 Å². The minimum Gasteiger partial charge on any atom is -0.322 e. The Kier molecular flexibility index (Phi) is 4.25. The van der Waals surface area contributed by atoms with Gasteiger partial charge in [0.15, 0.2) is 6.04 Å². The van der Waals surface area contributed by atoms with E-state index in [1.807, 2.05) is 19.9 Å². The molecule has 1 fully saturated rings. The van der Waals surface area contributed by atoms with Gasteiger partial charge < -0.3 is 10.6 Å². The van der Waals surface area contributed by atoms with Gasteiger partial charge in [-0.05, 0) is 12.3 Å². The highest BCUT2D eigenvalue weighted by Gasteiger charge is 2.39. The Labute approximate surface area is 95.2 Å². The third-order valence-electron chi connectivity index (χ3n) is 3.28. The Morgan fingerprint density at radius 2 is 2.38 bits per heavy atom. The van der Waals surface area contributed by atoms with E-state index in [-0.39, 0.29) is 18.2 Å². The summed E-state index contributed by atoms with van der Waals surface area (Å²) in [5, 5.41) is 8.81. The van der Waals surface area contributed by atoms with Gasteiger partial charge in [-0.25, -0.2) is 4.39 Å². The molecule has 5 heteroatoms. The first kappa shape index (κ1) is 12.9. The number of carbonyl (C=O) groups is 1. The minimum absolute atomic E-state index is 0.0468. The topological polar surface area (TPSA) is 70.1 Å². The number of rotatable bonds is 3. The van der Waals surface area contributed by atoms with E-state index in [0.29, 0.717) is 6.54 Å². The second-order valence-corrected chi connectivity index (χ2v) is 4.32. The molecule has 1 rings (SSSR count). The molecular formula is C11H18FN3O. The average molecular weight is 227 g/mol. The van der Waals surface area contributed by atoms with Gasteiger partial charge in [0.05, 0.1) is 12.1 Å². The normalized spacial score (nSPS) is 28.6. The minimum atomic E-state index is -1.24. The van der Waals surface area contributed by atoms with Crippen molar-refractivity contribution in [3.8, 4) is 6.07 Å². The van der Waals surface area contributed by atoms with Crippen molar-refractivity contribution in [2.24, 2.45) is 11.7 Å². The maximum Gasteiger partial charge on any atom is 0.240 e. The third-order valence-corrected chi connectivity index (χ3v) is 3.28. The Morgan fingerprint density at radius 3 is 2.88 bits per heavy atom. The largest absolute Gasteiger partial charge is 0.322 e. The van der Waals surface area contributed by atoms with Crippen LogP contribution in [0.15, 0.2) is 0 Å². The monoisotopic (exact) mass is 227 g/mol. The summed E-state index contributed by atoms with van der Waals surface area (Å²) in [6, 6.07) is 0.242. The van der Waals surface area contributed by atoms with Crippen LogP contribution in [0, 0.1) is 17.2 Å². The van der Waals surface area contributed by atoms with Gasteiger partial charge in [-0.2, -0.15) is 5.26 Å². The molecule has 0 bridgehead atoms. The molecule has 0 aromatic carbocycles. The van der Waals surface area contributed by atoms with Crippen molar-refractivity contribution in [1.82, 2.24) is 4.90 Å². The molecule has 90 valence electrons. The van der Waals surface area contributed by atoms with Crippen LogP contribution in [0.3, 0.4) is 0 Å². The van der Waals surface area contributed by atoms with E-state index in [4.69, 9.17) is 11.0 Å². The summed E-state index contributed by atoms with van der Waals surface area (Å²) in [7, 11) is 0. The fourth-order valence-electron chi connectivity index (χ4n) is 1.84. The molecule has 0 spiro atoms. The van der Waals surface area contributed by atoms with Gasteiger partial charge in [-0.1, -0.05) is 20.3 Å². The lowest BCUT2D eigenvalue weighted by atomic mass is 9.98. The number of alkyl halides is 1. The van der Waals surface area contributed by atoms with Crippen LogP contribution < -0.4 is 5.73 Å². The molecule has 4 nitrogen and oxygen atoms in total. The zero-order chi connectivity index (χ0) is 12.3. The summed E-state index contributed by atoms with van der Waals surface area (Å²) in [6.07, 6.45) is -0.216. The van der Waals surface area contributed by atoms with E-state index in [0.717, 1.165) is 6.42 Å². The Hall–Kier alpha value is -1.15. The molecule has 0 aromatic heterocycles. The SMILES string of the molecule is CC[C@H](C)[C@H](N)C(=O)N1CC[C@@H](F)[C@@H]1C#N. The van der Waals surface area contributed by atoms with E-state index in [2.05, 4.69) is 0 Å². The van der Waals surface area contributed by atoms with Crippen molar-refractivity contribution in [1.29, 1.82) is 5.26 Å². The van der Waals surface area contributed by atoms with Gasteiger partial charge in [0, 0.05) is 6.54 Å². The van der Waals surface area contributed by atoms with E-state index in [1.165, 1.54) is 4.90 Å². The lowest BCUT2D eigenvalue weighted by Crippen LogP contribution is -2.49. The van der Waals surface area contributed by atoms with Crippen LogP contribution in [0.4, 0.5) is 4.39 Å². The summed E-state index contributed by atoms with van der Waals surface area (Å²) in [6.45, 7) is 4.12. The van der Waals surface area contributed by atoms with Crippen molar-refractivity contribution in [3.63, 3.8) is 0 Å². The number of nitrogens with two attached hydrogens (primary N) is 1. The van der Waals surface area contributed by atoms with Gasteiger partial charge in [0.1, 0.15) is 6.17 Å². The summed E-state index contributed by atoms with van der Waals surface area (Å²) in [5.74, 6) is -0.258. The molecule has 0 radical (unpaired) electrons. The summed E-state index contributed by atoms with van der Waals surface area (Å²) >= 11 is 0. The lowest BCUT2D eigenvalue weighted by molar-refractivity contribution is -0.134. The standard InChI is InChI=1S/C11H18FN3O/c1-3-7(2)10(14)11(16)15-5-4-8(12)9(15)6-13/h7-10H,3-5,14H2,1-2H3/t7-,8+,9-,10-/m0/s1. The van der Waals surface area contributed by atoms with Crippen molar-refractivity contribution in [2.75, 3.05) is 6.54 Å². The number of nitrogens with zero attached hydrogens (tertiary/aromatic N) is 2. The zero-order valence-electron chi connectivity index (χ0n) is 9.69. The number of likely N-dealkylation sites (tertiary alicyclic amines) is 1. The Balaban J connectivity index is 2.71. The smallest absolute Gasteiger partial charge is 0.240 e. The first-order chi connectivity index (χ1) is 7.52. The van der Waals surface area contributed by atoms with Crippen LogP contribution in [0.1, 0.15) is 26.7 Å². The van der Waals surface area contributed by atoms with E-state index >= 15 is 0 Å². The predicted octanol–water partition coefficient (Wildman–Crippen LogP) is 0.822. The van der Waals surface area contributed by atoms with Gasteiger partial charge in [0.2, 0.25) is 5.91 Å². The highest BCUT2D eigenvalue weighted by Crippen LogP contribution is 2.22. The van der Waals surface area contributed by atoms with Gasteiger partial charge in [-0.15, -0.1) is 0 Å². The van der Waals surface area contributed by atoms with Crippen molar-refractivity contribution in [2.45, 2.75) is 44.9 Å². The molecule has 2 N–H and O–H groups in total. The van der Waals surface area contributed by atoms with Crippen LogP contribution in [0.5, 0.6) is 0 Å². The second-order valence-electron chi connectivity index (χ2n) is 4.32. The van der Waals surface area contributed by atoms with E-state index in [9.17, 15) is 9.18 Å². The summed E-state index contributed by atoms with van der Waals surface area (Å²) in [5.41, 5.74) is 5.79. The van der Waals surface area contributed by atoms with Gasteiger partial charge >= 0.3 is 0 Å². The quantitative estimate of drug-likeness (QED) is 0.776. The number of hydrogen-bond donors (Lipinski definition) is 1. The Bertz CT molecular complexity index is 302. The molecule has 0 unspecified atom stereocenters. The number of halogens is 1. The van der Waals surface area contributed by atoms with Crippen molar-refractivity contribution < 1.29 is 9.18 Å². The predicted molar refractivity (Wildman–Crippen MR) is 58.1 cm³/mol. The number of hydrogen-bond acceptors (Lipinski definition) is 3. The maximum absolute atomic E-state index is 13.3. The van der Waals surface area contributed by atoms with E-state index in [1.54, 1.807) is 0 Å². The molecule has 1 saturated heterocycles. The molecule has 16 heavy (non-hydrogen) atoms. The number of nitriles is 1. The highest BCUT2D eigenvalue weighted by atomic mass is 19.1. The molecule has 0 aromatic rings. The second kappa shape index (κ2) is 5.26. The first-order valence-electron chi connectivity index (χ1n) is 5.62. The first-order valence-corrected chi connectivity index (χ1v) is 5.62. The summed E-state index contributed by atoms with van der Waals surface area (Å²) in [4.78, 5) is 13.2. The van der Waals surface area contributed by atoms with E-state index < -0.39 is 18.3 Å². The fourth-order valence-corrected chi connectivity index (χ4v) is 1.84. The molecule has 4 atom stereocenters. The molecule has 1 amide bonds. The lowest BCUT2D eigenvalue weighted by Gasteiger charge is -2.26. The number of carbonyl (C=O) groups excluding carboxylic acids is 1. The Morgan fingerprint density at radius 1 is 1.75 bits per heavy atom. The molecule has 0 saturated carbocycles. The fraction of sp³-hybridized carbons (Fsp3) is 0.818. The van der Waals surface area contributed by atoms with Crippen LogP contribution >= 0.6 is 0 Å². The molecular weight excluding hydrogens is 209 g/mol. The van der Waals surface area contributed by atoms with Crippen molar-refractivity contribution >= 4 is 5.91 Å². The van der Waals surface area contributed by atoms with Gasteiger partial charge in [0.25, 0.3) is 0 Å². The van der Waals surface area contributed by atoms with Gasteiger partial charge in [-0.3, -0.25) is 4.79 Å². The van der Waals surface area contributed by atoms with Crippen LogP contribution in [-0.4, -0.2) is 35.6 Å². The number of amides is 1.